The third-order valence-corrected chi connectivity index (χ3v) is 14.2. The Kier molecular flexibility index (Phi) is 7.08. The summed E-state index contributed by atoms with van der Waals surface area (Å²) >= 11 is 3.77. The maximum absolute atomic E-state index is 5.08. The molecule has 6 aromatic carbocycles. The summed E-state index contributed by atoms with van der Waals surface area (Å²) in [5.74, 6) is 0. The molecule has 2 aliphatic heterocycles. The van der Waals surface area contributed by atoms with Crippen LogP contribution in [0.4, 0.5) is 0 Å². The van der Waals surface area contributed by atoms with Gasteiger partial charge in [0.15, 0.2) is 0 Å². The van der Waals surface area contributed by atoms with Gasteiger partial charge in [0.1, 0.15) is 0 Å². The molecule has 0 spiro atoms. The molecule has 0 aliphatic carbocycles. The molecule has 2 heterocycles. The van der Waals surface area contributed by atoms with Crippen LogP contribution < -0.4 is 0 Å². The van der Waals surface area contributed by atoms with Gasteiger partial charge in [-0.3, -0.25) is 9.98 Å². The predicted molar refractivity (Wildman–Crippen MR) is 214 cm³/mol. The van der Waals surface area contributed by atoms with Gasteiger partial charge in [-0.05, 0) is 122 Å². The standard InChI is InChI=1S/C44H42N2S2/c1-41(2)43(5,6)47-39(45-41)29-17-13-27(14-18-29)31-21-23-35-36-24-22-32(26-38(36)34-12-10-9-11-33(34)37(35)25-31)28-15-19-30(20-16-28)40-46-42(3,4)44(7,8)48-40/h9-26H,1-8H3. The van der Waals surface area contributed by atoms with Gasteiger partial charge < -0.3 is 0 Å². The van der Waals surface area contributed by atoms with Crippen LogP contribution in [-0.4, -0.2) is 30.7 Å². The Bertz CT molecular complexity index is 2140. The lowest BCUT2D eigenvalue weighted by Crippen LogP contribution is -2.36. The van der Waals surface area contributed by atoms with Gasteiger partial charge in [-0.15, -0.1) is 0 Å². The number of fused-ring (bicyclic) bond motifs is 6. The molecule has 2 nitrogen and oxygen atoms in total. The molecule has 0 bridgehead atoms. The third-order valence-electron chi connectivity index (χ3n) is 11.2. The van der Waals surface area contributed by atoms with E-state index in [1.54, 1.807) is 0 Å². The average molecular weight is 663 g/mol. The molecule has 240 valence electrons. The molecular weight excluding hydrogens is 621 g/mol. The van der Waals surface area contributed by atoms with Crippen molar-refractivity contribution < 1.29 is 0 Å². The van der Waals surface area contributed by atoms with Crippen LogP contribution >= 0.6 is 23.5 Å². The van der Waals surface area contributed by atoms with Crippen LogP contribution in [0.3, 0.4) is 0 Å². The number of hydrogen-bond donors (Lipinski definition) is 0. The van der Waals surface area contributed by atoms with E-state index in [0.29, 0.717) is 0 Å². The van der Waals surface area contributed by atoms with Crippen LogP contribution in [0.2, 0.25) is 0 Å². The fourth-order valence-electron chi connectivity index (χ4n) is 6.73. The summed E-state index contributed by atoms with van der Waals surface area (Å²) in [5.41, 5.74) is 7.13. The maximum atomic E-state index is 5.08. The van der Waals surface area contributed by atoms with Crippen LogP contribution in [0, 0.1) is 0 Å². The van der Waals surface area contributed by atoms with E-state index in [1.807, 2.05) is 23.5 Å². The molecule has 4 heteroatoms. The Hall–Kier alpha value is -3.86. The largest absolute Gasteiger partial charge is 0.270 e. The van der Waals surface area contributed by atoms with Crippen molar-refractivity contribution in [1.82, 2.24) is 0 Å². The number of thioether (sulfide) groups is 2. The quantitative estimate of drug-likeness (QED) is 0.176. The summed E-state index contributed by atoms with van der Waals surface area (Å²) in [7, 11) is 0. The first kappa shape index (κ1) is 31.4. The minimum Gasteiger partial charge on any atom is -0.270 e. The number of aliphatic imine (C=N–C) groups is 2. The zero-order chi connectivity index (χ0) is 33.6. The summed E-state index contributed by atoms with van der Waals surface area (Å²) in [6.45, 7) is 18.1. The van der Waals surface area contributed by atoms with Crippen molar-refractivity contribution in [3.8, 4) is 22.3 Å². The molecule has 0 N–H and O–H groups in total. The Morgan fingerprint density at radius 1 is 0.354 bits per heavy atom. The van der Waals surface area contributed by atoms with Crippen molar-refractivity contribution in [3.05, 3.63) is 120 Å². The normalized spacial score (nSPS) is 19.2. The number of hydrogen-bond acceptors (Lipinski definition) is 4. The lowest BCUT2D eigenvalue weighted by atomic mass is 9.90. The highest BCUT2D eigenvalue weighted by atomic mass is 32.2. The molecule has 2 aliphatic rings. The van der Waals surface area contributed by atoms with Crippen molar-refractivity contribution in [2.45, 2.75) is 76.0 Å². The van der Waals surface area contributed by atoms with Gasteiger partial charge in [-0.1, -0.05) is 121 Å². The predicted octanol–water partition coefficient (Wildman–Crippen LogP) is 12.6. The minimum absolute atomic E-state index is 0.0773. The second-order valence-electron chi connectivity index (χ2n) is 15.4. The third kappa shape index (κ3) is 5.02. The SMILES string of the molecule is CC1(C)N=C(c2ccc(-c3ccc4c5ccc(-c6ccc(C7=NC(C)(C)C(C)(C)S7)cc6)cc5c5ccccc5c4c3)cc2)SC1(C)C. The number of benzene rings is 6. The second kappa shape index (κ2) is 10.8. The molecule has 0 aromatic heterocycles. The molecule has 48 heavy (non-hydrogen) atoms. The zero-order valence-electron chi connectivity index (χ0n) is 29.1. The topological polar surface area (TPSA) is 24.7 Å². The molecule has 0 unspecified atom stereocenters. The first-order valence-corrected chi connectivity index (χ1v) is 18.5. The summed E-state index contributed by atoms with van der Waals surface area (Å²) in [5, 5.41) is 9.99. The fourth-order valence-corrected chi connectivity index (χ4v) is 9.34. The van der Waals surface area contributed by atoms with E-state index < -0.39 is 0 Å². The molecule has 0 radical (unpaired) electrons. The van der Waals surface area contributed by atoms with Gasteiger partial charge in [0, 0.05) is 20.6 Å². The van der Waals surface area contributed by atoms with Crippen LogP contribution in [-0.2, 0) is 0 Å². The molecule has 0 atom stereocenters. The van der Waals surface area contributed by atoms with Crippen molar-refractivity contribution in [2.24, 2.45) is 9.98 Å². The smallest absolute Gasteiger partial charge is 0.0990 e. The Morgan fingerprint density at radius 3 is 1.00 bits per heavy atom. The lowest BCUT2D eigenvalue weighted by Gasteiger charge is -2.30. The minimum atomic E-state index is -0.0848. The van der Waals surface area contributed by atoms with Crippen molar-refractivity contribution >= 4 is 65.9 Å². The fraction of sp³-hybridized carbons (Fsp3) is 0.273. The molecule has 0 fully saturated rings. The summed E-state index contributed by atoms with van der Waals surface area (Å²) < 4.78 is 0.155. The number of nitrogens with zero attached hydrogens (tertiary/aromatic N) is 2. The van der Waals surface area contributed by atoms with Gasteiger partial charge in [0.05, 0.1) is 21.2 Å². The first-order valence-electron chi connectivity index (χ1n) is 16.9. The highest BCUT2D eigenvalue weighted by molar-refractivity contribution is 8.16. The van der Waals surface area contributed by atoms with Gasteiger partial charge in [0.2, 0.25) is 0 Å². The number of rotatable bonds is 4. The summed E-state index contributed by atoms with van der Waals surface area (Å²) in [6.07, 6.45) is 0. The first-order chi connectivity index (χ1) is 22.7. The maximum Gasteiger partial charge on any atom is 0.0990 e. The Labute approximate surface area is 293 Å². The molecule has 8 rings (SSSR count). The van der Waals surface area contributed by atoms with Crippen LogP contribution in [0.25, 0.3) is 54.6 Å². The monoisotopic (exact) mass is 662 g/mol. The summed E-state index contributed by atoms with van der Waals surface area (Å²) in [4.78, 5) is 10.2. The molecule has 6 aromatic rings. The van der Waals surface area contributed by atoms with Crippen LogP contribution in [0.15, 0.2) is 119 Å². The van der Waals surface area contributed by atoms with Gasteiger partial charge in [0.25, 0.3) is 0 Å². The van der Waals surface area contributed by atoms with Crippen molar-refractivity contribution in [3.63, 3.8) is 0 Å². The molecular formula is C44H42N2S2. The van der Waals surface area contributed by atoms with Crippen molar-refractivity contribution in [1.29, 1.82) is 0 Å². The van der Waals surface area contributed by atoms with E-state index in [0.717, 1.165) is 10.1 Å². The van der Waals surface area contributed by atoms with Crippen LogP contribution in [0.1, 0.15) is 66.5 Å². The van der Waals surface area contributed by atoms with Crippen molar-refractivity contribution in [2.75, 3.05) is 0 Å². The Morgan fingerprint density at radius 2 is 0.667 bits per heavy atom. The van der Waals surface area contributed by atoms with E-state index in [-0.39, 0.29) is 20.6 Å². The van der Waals surface area contributed by atoms with Gasteiger partial charge in [-0.25, -0.2) is 0 Å². The van der Waals surface area contributed by atoms with Crippen LogP contribution in [0.5, 0.6) is 0 Å². The van der Waals surface area contributed by atoms with E-state index >= 15 is 0 Å². The molecule has 0 saturated heterocycles. The molecule has 0 saturated carbocycles. The van der Waals surface area contributed by atoms with Gasteiger partial charge >= 0.3 is 0 Å². The Balaban J connectivity index is 1.16. The highest BCUT2D eigenvalue weighted by Crippen LogP contribution is 2.48. The van der Waals surface area contributed by atoms with Gasteiger partial charge in [-0.2, -0.15) is 0 Å². The molecule has 0 amide bonds. The summed E-state index contributed by atoms with van der Waals surface area (Å²) in [6, 6.07) is 40.7. The second-order valence-corrected chi connectivity index (χ2v) is 18.6. The highest BCUT2D eigenvalue weighted by Gasteiger charge is 2.45. The lowest BCUT2D eigenvalue weighted by molar-refractivity contribution is 0.426. The van der Waals surface area contributed by atoms with E-state index in [9.17, 15) is 0 Å². The average Bonchev–Trinajstić information content (AvgIpc) is 3.43. The zero-order valence-corrected chi connectivity index (χ0v) is 30.7. The van der Waals surface area contributed by atoms with E-state index in [2.05, 4.69) is 165 Å². The van der Waals surface area contributed by atoms with E-state index in [4.69, 9.17) is 9.98 Å². The van der Waals surface area contributed by atoms with E-state index in [1.165, 1.54) is 65.7 Å².